The van der Waals surface area contributed by atoms with Crippen molar-refractivity contribution in [3.8, 4) is 5.69 Å². The van der Waals surface area contributed by atoms with E-state index in [1.165, 1.54) is 24.4 Å². The molecule has 0 atom stereocenters. The Morgan fingerprint density at radius 1 is 1.11 bits per heavy atom. The van der Waals surface area contributed by atoms with Crippen LogP contribution in [0, 0.1) is 0 Å². The topological polar surface area (TPSA) is 95.9 Å². The summed E-state index contributed by atoms with van der Waals surface area (Å²) >= 11 is 0. The highest BCUT2D eigenvalue weighted by Crippen LogP contribution is 2.38. The zero-order valence-electron chi connectivity index (χ0n) is 20.1. The molecule has 2 N–H and O–H groups in total. The number of H-pyrrole nitrogens is 1. The first-order valence-corrected chi connectivity index (χ1v) is 11.8. The molecule has 12 heteroatoms. The van der Waals surface area contributed by atoms with Gasteiger partial charge in [-0.1, -0.05) is 6.08 Å². The number of anilines is 1. The molecule has 0 spiro atoms. The number of fused-ring (bicyclic) bond motifs is 3. The van der Waals surface area contributed by atoms with Crippen molar-refractivity contribution in [3.05, 3.63) is 87.1 Å². The maximum Gasteiger partial charge on any atom is 0.418 e. The molecule has 0 radical (unpaired) electrons. The van der Waals surface area contributed by atoms with Gasteiger partial charge in [0.1, 0.15) is 5.52 Å². The second kappa shape index (κ2) is 9.86. The van der Waals surface area contributed by atoms with Gasteiger partial charge in [0.25, 0.3) is 5.56 Å². The Kier molecular flexibility index (Phi) is 6.57. The normalized spacial score (nSPS) is 15.2. The van der Waals surface area contributed by atoms with Gasteiger partial charge in [0, 0.05) is 38.1 Å². The molecule has 0 amide bonds. The van der Waals surface area contributed by atoms with E-state index >= 15 is 0 Å². The molecule has 0 aliphatic carbocycles. The molecule has 1 aromatic carbocycles. The Labute approximate surface area is 212 Å². The summed E-state index contributed by atoms with van der Waals surface area (Å²) in [5.41, 5.74) is -1.54. The summed E-state index contributed by atoms with van der Waals surface area (Å²) in [6.45, 7) is 3.56. The monoisotopic (exact) mass is 526 g/mol. The van der Waals surface area contributed by atoms with E-state index in [-0.39, 0.29) is 27.8 Å². The Morgan fingerprint density at radius 2 is 1.87 bits per heavy atom. The molecule has 38 heavy (non-hydrogen) atoms. The number of aromatic nitrogens is 4. The zero-order chi connectivity index (χ0) is 27.0. The van der Waals surface area contributed by atoms with Crippen molar-refractivity contribution in [1.82, 2.24) is 24.8 Å². The van der Waals surface area contributed by atoms with Gasteiger partial charge in [-0.2, -0.15) is 13.2 Å². The van der Waals surface area contributed by atoms with Crippen molar-refractivity contribution >= 4 is 33.2 Å². The van der Waals surface area contributed by atoms with E-state index < -0.39 is 23.0 Å². The number of alkyl halides is 3. The van der Waals surface area contributed by atoms with Crippen molar-refractivity contribution in [2.75, 3.05) is 31.1 Å². The lowest BCUT2D eigenvalue weighted by atomic mass is 10.1. The molecule has 0 bridgehead atoms. The second-order valence-corrected chi connectivity index (χ2v) is 8.65. The number of allylic oxidation sites excluding steroid dienone is 3. The maximum atomic E-state index is 14.2. The predicted octanol–water partition coefficient (Wildman–Crippen LogP) is 3.94. The summed E-state index contributed by atoms with van der Waals surface area (Å²) < 4.78 is 56.6. The lowest BCUT2D eigenvalue weighted by Gasteiger charge is -2.31. The van der Waals surface area contributed by atoms with Crippen LogP contribution in [0.3, 0.4) is 0 Å². The van der Waals surface area contributed by atoms with Gasteiger partial charge in [-0.05, 0) is 48.9 Å². The van der Waals surface area contributed by atoms with E-state index in [0.717, 1.165) is 10.6 Å². The maximum absolute atomic E-state index is 14.2. The highest BCUT2D eigenvalue weighted by Gasteiger charge is 2.36. The van der Waals surface area contributed by atoms with Crippen LogP contribution in [0.2, 0.25) is 0 Å². The molecule has 8 nitrogen and oxygen atoms in total. The Balaban J connectivity index is 1.83. The van der Waals surface area contributed by atoms with Crippen molar-refractivity contribution in [2.45, 2.75) is 13.1 Å². The molecule has 4 aromatic rings. The molecular formula is C26H22F4N6O2. The fourth-order valence-corrected chi connectivity index (χ4v) is 4.64. The van der Waals surface area contributed by atoms with E-state index in [9.17, 15) is 27.2 Å². The van der Waals surface area contributed by atoms with Crippen LogP contribution in [0.4, 0.5) is 23.2 Å². The highest BCUT2D eigenvalue weighted by atomic mass is 19.4. The number of pyridine rings is 2. The molecule has 1 saturated heterocycles. The SMILES string of the molecule is C/C=C(\C=C/F)c1ccc2ncc3c(=O)[nH]c(=O)n(-c4ccc(N5CCNCC5)c(C(F)(F)F)c4)c3c2n1. The first-order chi connectivity index (χ1) is 18.2. The number of hydrogen-bond acceptors (Lipinski definition) is 6. The third-order valence-electron chi connectivity index (χ3n) is 6.43. The molecule has 1 aliphatic heterocycles. The number of halogens is 4. The van der Waals surface area contributed by atoms with Gasteiger partial charge < -0.3 is 10.2 Å². The van der Waals surface area contributed by atoms with Gasteiger partial charge in [0.2, 0.25) is 0 Å². The van der Waals surface area contributed by atoms with Gasteiger partial charge in [-0.25, -0.2) is 14.2 Å². The molecule has 1 fully saturated rings. The van der Waals surface area contributed by atoms with Crippen LogP contribution in [-0.2, 0) is 6.18 Å². The summed E-state index contributed by atoms with van der Waals surface area (Å²) in [7, 11) is 0. The molecular weight excluding hydrogens is 504 g/mol. The number of piperazine rings is 1. The van der Waals surface area contributed by atoms with Crippen LogP contribution in [0.15, 0.2) is 64.6 Å². The summed E-state index contributed by atoms with van der Waals surface area (Å²) in [5, 5.41) is 3.07. The van der Waals surface area contributed by atoms with Crippen LogP contribution in [0.5, 0.6) is 0 Å². The molecule has 3 aromatic heterocycles. The summed E-state index contributed by atoms with van der Waals surface area (Å²) in [6.07, 6.45) is -0.302. The van der Waals surface area contributed by atoms with Gasteiger partial charge in [-0.3, -0.25) is 19.3 Å². The molecule has 0 unspecified atom stereocenters. The third kappa shape index (κ3) is 4.47. The van der Waals surface area contributed by atoms with Crippen molar-refractivity contribution in [3.63, 3.8) is 0 Å². The summed E-state index contributed by atoms with van der Waals surface area (Å²) in [6, 6.07) is 6.81. The second-order valence-electron chi connectivity index (χ2n) is 8.65. The lowest BCUT2D eigenvalue weighted by molar-refractivity contribution is -0.137. The third-order valence-corrected chi connectivity index (χ3v) is 6.43. The first-order valence-electron chi connectivity index (χ1n) is 11.8. The first kappa shape index (κ1) is 25.3. The summed E-state index contributed by atoms with van der Waals surface area (Å²) in [5.74, 6) is 0. The van der Waals surface area contributed by atoms with Crippen LogP contribution in [0.25, 0.3) is 33.2 Å². The molecule has 0 saturated carbocycles. The highest BCUT2D eigenvalue weighted by molar-refractivity contribution is 6.01. The van der Waals surface area contributed by atoms with Crippen LogP contribution < -0.4 is 21.5 Å². The molecule has 4 heterocycles. The average Bonchev–Trinajstić information content (AvgIpc) is 2.91. The number of hydrogen-bond donors (Lipinski definition) is 2. The minimum atomic E-state index is -4.70. The fourth-order valence-electron chi connectivity index (χ4n) is 4.64. The minimum Gasteiger partial charge on any atom is -0.368 e. The quantitative estimate of drug-likeness (QED) is 0.238. The van der Waals surface area contributed by atoms with E-state index in [2.05, 4.69) is 20.3 Å². The average molecular weight is 526 g/mol. The molecule has 5 rings (SSSR count). The van der Waals surface area contributed by atoms with Crippen LogP contribution >= 0.6 is 0 Å². The molecule has 196 valence electrons. The van der Waals surface area contributed by atoms with Gasteiger partial charge in [-0.15, -0.1) is 0 Å². The zero-order valence-corrected chi connectivity index (χ0v) is 20.1. The molecule has 1 aliphatic rings. The Bertz CT molecular complexity index is 1720. The summed E-state index contributed by atoms with van der Waals surface area (Å²) in [4.78, 5) is 38.4. The van der Waals surface area contributed by atoms with E-state index in [4.69, 9.17) is 0 Å². The number of nitrogens with zero attached hydrogens (tertiary/aromatic N) is 4. The van der Waals surface area contributed by atoms with Gasteiger partial charge in [0.15, 0.2) is 0 Å². The van der Waals surface area contributed by atoms with Crippen LogP contribution in [-0.4, -0.2) is 45.7 Å². The number of nitrogens with one attached hydrogen (secondary N) is 2. The minimum absolute atomic E-state index is 0.00618. The predicted molar refractivity (Wildman–Crippen MR) is 137 cm³/mol. The number of aromatic amines is 1. The lowest BCUT2D eigenvalue weighted by Crippen LogP contribution is -2.44. The standard InChI is InChI=1S/C26H22F4N6O2/c1-2-15(7-8-27)19-4-5-20-22(33-19)23-17(14-32-20)24(37)34-25(38)36(23)16-3-6-21(18(13-16)26(28,29)30)35-11-9-31-10-12-35/h2-8,13-14,31H,9-12H2,1H3,(H,34,37,38)/b8-7-,15-2+. The van der Waals surface area contributed by atoms with Crippen molar-refractivity contribution in [2.24, 2.45) is 0 Å². The number of rotatable bonds is 4. The Hall–Kier alpha value is -4.32. The van der Waals surface area contributed by atoms with E-state index in [1.807, 2.05) is 0 Å². The van der Waals surface area contributed by atoms with E-state index in [0.29, 0.717) is 49.3 Å². The van der Waals surface area contributed by atoms with Crippen LogP contribution in [0.1, 0.15) is 18.2 Å². The van der Waals surface area contributed by atoms with Crippen molar-refractivity contribution < 1.29 is 17.6 Å². The van der Waals surface area contributed by atoms with Gasteiger partial charge >= 0.3 is 11.9 Å². The van der Waals surface area contributed by atoms with Gasteiger partial charge in [0.05, 0.1) is 39.7 Å². The Morgan fingerprint density at radius 3 is 2.55 bits per heavy atom. The largest absolute Gasteiger partial charge is 0.418 e. The van der Waals surface area contributed by atoms with E-state index in [1.54, 1.807) is 30.0 Å². The van der Waals surface area contributed by atoms with Crippen molar-refractivity contribution in [1.29, 1.82) is 0 Å². The number of benzene rings is 1. The smallest absolute Gasteiger partial charge is 0.368 e. The fraction of sp³-hybridized carbons (Fsp3) is 0.231.